The molecule has 0 amide bonds. The van der Waals surface area contributed by atoms with Gasteiger partial charge in [-0.3, -0.25) is 14.7 Å². The highest BCUT2D eigenvalue weighted by atomic mass is 32.1. The summed E-state index contributed by atoms with van der Waals surface area (Å²) in [5.74, 6) is 0. The summed E-state index contributed by atoms with van der Waals surface area (Å²) in [6.45, 7) is 3.47. The van der Waals surface area contributed by atoms with Gasteiger partial charge in [-0.1, -0.05) is 0 Å². The number of H-pyrrole nitrogens is 1. The maximum absolute atomic E-state index is 9.08. The third-order valence-corrected chi connectivity index (χ3v) is 5.02. The molecular weight excluding hydrogens is 298 g/mol. The van der Waals surface area contributed by atoms with Crippen LogP contribution in [0.4, 0.5) is 0 Å². The number of aromatic nitrogens is 4. The van der Waals surface area contributed by atoms with Crippen molar-refractivity contribution in [2.24, 2.45) is 0 Å². The van der Waals surface area contributed by atoms with Crippen molar-refractivity contribution >= 4 is 11.3 Å². The molecule has 1 aliphatic rings. The van der Waals surface area contributed by atoms with E-state index in [0.29, 0.717) is 6.54 Å². The predicted molar refractivity (Wildman–Crippen MR) is 84.2 cm³/mol. The van der Waals surface area contributed by atoms with Crippen molar-refractivity contribution in [2.45, 2.75) is 26.2 Å². The monoisotopic (exact) mass is 315 g/mol. The Morgan fingerprint density at radius 1 is 1.27 bits per heavy atom. The van der Waals surface area contributed by atoms with Crippen LogP contribution in [0.15, 0.2) is 30.6 Å². The van der Waals surface area contributed by atoms with Gasteiger partial charge in [-0.2, -0.15) is 10.2 Å². The van der Waals surface area contributed by atoms with Crippen molar-refractivity contribution in [2.75, 3.05) is 6.61 Å². The van der Waals surface area contributed by atoms with E-state index in [0.717, 1.165) is 25.3 Å². The van der Waals surface area contributed by atoms with Gasteiger partial charge < -0.3 is 5.11 Å². The van der Waals surface area contributed by atoms with Crippen molar-refractivity contribution in [3.63, 3.8) is 0 Å². The summed E-state index contributed by atoms with van der Waals surface area (Å²) in [7, 11) is 0. The first-order chi connectivity index (χ1) is 10.8. The SMILES string of the molecule is OCCn1ncc2c1CN(Cc1ccc(-c3ccn[nH]3)s1)C2. The lowest BCUT2D eigenvalue weighted by Gasteiger charge is -2.14. The molecule has 0 aliphatic carbocycles. The molecule has 3 aromatic heterocycles. The fraction of sp³-hybridized carbons (Fsp3) is 0.333. The first-order valence-corrected chi connectivity index (χ1v) is 8.10. The van der Waals surface area contributed by atoms with E-state index in [2.05, 4.69) is 32.3 Å². The maximum Gasteiger partial charge on any atom is 0.0749 e. The number of hydrogen-bond acceptors (Lipinski definition) is 5. The molecule has 0 unspecified atom stereocenters. The van der Waals surface area contributed by atoms with Gasteiger partial charge in [0, 0.05) is 36.3 Å². The summed E-state index contributed by atoms with van der Waals surface area (Å²) in [6.07, 6.45) is 3.70. The summed E-state index contributed by atoms with van der Waals surface area (Å²) in [6, 6.07) is 6.32. The normalized spacial score (nSPS) is 14.6. The second kappa shape index (κ2) is 5.68. The standard InChI is InChI=1S/C15H17N5OS/c21-6-5-20-14-10-19(8-11(14)7-17-20)9-12-1-2-15(22-12)13-3-4-16-18-13/h1-4,7,21H,5-6,8-10H2,(H,16,18). The molecule has 0 spiro atoms. The molecule has 0 fully saturated rings. The second-order valence-electron chi connectivity index (χ2n) is 5.44. The lowest BCUT2D eigenvalue weighted by Crippen LogP contribution is -2.17. The molecule has 0 saturated heterocycles. The lowest BCUT2D eigenvalue weighted by atomic mass is 10.3. The smallest absolute Gasteiger partial charge is 0.0749 e. The number of nitrogens with one attached hydrogen (secondary N) is 1. The quantitative estimate of drug-likeness (QED) is 0.754. The summed E-state index contributed by atoms with van der Waals surface area (Å²) >= 11 is 1.80. The second-order valence-corrected chi connectivity index (χ2v) is 6.61. The van der Waals surface area contributed by atoms with E-state index in [1.165, 1.54) is 21.0 Å². The van der Waals surface area contributed by atoms with Crippen LogP contribution in [0.1, 0.15) is 16.1 Å². The number of thiophene rings is 1. The highest BCUT2D eigenvalue weighted by Crippen LogP contribution is 2.30. The molecule has 6 nitrogen and oxygen atoms in total. The topological polar surface area (TPSA) is 70.0 Å². The van der Waals surface area contributed by atoms with E-state index < -0.39 is 0 Å². The number of fused-ring (bicyclic) bond motifs is 1. The van der Waals surface area contributed by atoms with Gasteiger partial charge >= 0.3 is 0 Å². The molecule has 4 rings (SSSR count). The average Bonchev–Trinajstić information content (AvgIpc) is 3.24. The van der Waals surface area contributed by atoms with E-state index in [1.54, 1.807) is 17.5 Å². The Hall–Kier alpha value is -1.96. The van der Waals surface area contributed by atoms with Crippen LogP contribution in [0.2, 0.25) is 0 Å². The van der Waals surface area contributed by atoms with Gasteiger partial charge in [0.05, 0.1) is 35.6 Å². The van der Waals surface area contributed by atoms with E-state index in [4.69, 9.17) is 5.11 Å². The Kier molecular flexibility index (Phi) is 3.53. The number of rotatable bonds is 5. The zero-order valence-electron chi connectivity index (χ0n) is 12.1. The fourth-order valence-corrected chi connectivity index (χ4v) is 3.92. The summed E-state index contributed by atoms with van der Waals surface area (Å²) in [4.78, 5) is 4.97. The minimum atomic E-state index is 0.132. The first-order valence-electron chi connectivity index (χ1n) is 7.29. The van der Waals surface area contributed by atoms with Crippen LogP contribution in [0, 0.1) is 0 Å². The molecule has 114 valence electrons. The number of hydrogen-bond donors (Lipinski definition) is 2. The van der Waals surface area contributed by atoms with Crippen molar-refractivity contribution in [1.82, 2.24) is 24.9 Å². The molecule has 0 aromatic carbocycles. The predicted octanol–water partition coefficient (Wildman–Crippen LogP) is 1.84. The van der Waals surface area contributed by atoms with Crippen molar-refractivity contribution in [1.29, 1.82) is 0 Å². The highest BCUT2D eigenvalue weighted by Gasteiger charge is 2.23. The third kappa shape index (κ3) is 2.47. The molecule has 0 atom stereocenters. The first kappa shape index (κ1) is 13.7. The van der Waals surface area contributed by atoms with Crippen LogP contribution in [0.3, 0.4) is 0 Å². The minimum Gasteiger partial charge on any atom is -0.394 e. The van der Waals surface area contributed by atoms with Crippen LogP contribution >= 0.6 is 11.3 Å². The third-order valence-electron chi connectivity index (χ3n) is 3.92. The molecule has 1 aliphatic heterocycles. The van der Waals surface area contributed by atoms with E-state index in [-0.39, 0.29) is 6.61 Å². The van der Waals surface area contributed by atoms with E-state index in [9.17, 15) is 0 Å². The van der Waals surface area contributed by atoms with Gasteiger partial charge in [-0.05, 0) is 18.2 Å². The van der Waals surface area contributed by atoms with Crippen LogP contribution in [0.25, 0.3) is 10.6 Å². The van der Waals surface area contributed by atoms with Gasteiger partial charge in [0.15, 0.2) is 0 Å². The number of aliphatic hydroxyl groups excluding tert-OH is 1. The van der Waals surface area contributed by atoms with Crippen LogP contribution in [-0.2, 0) is 26.2 Å². The molecule has 2 N–H and O–H groups in total. The molecule has 4 heterocycles. The molecule has 0 saturated carbocycles. The summed E-state index contributed by atoms with van der Waals surface area (Å²) in [5, 5.41) is 20.4. The van der Waals surface area contributed by atoms with Crippen molar-refractivity contribution in [3.8, 4) is 10.6 Å². The van der Waals surface area contributed by atoms with Crippen molar-refractivity contribution < 1.29 is 5.11 Å². The number of aromatic amines is 1. The molecule has 7 heteroatoms. The van der Waals surface area contributed by atoms with Gasteiger partial charge in [0.1, 0.15) is 0 Å². The van der Waals surface area contributed by atoms with E-state index >= 15 is 0 Å². The summed E-state index contributed by atoms with van der Waals surface area (Å²) < 4.78 is 1.92. The Bertz CT molecular complexity index is 761. The van der Waals surface area contributed by atoms with Gasteiger partial charge in [-0.15, -0.1) is 11.3 Å². The van der Waals surface area contributed by atoms with Gasteiger partial charge in [0.25, 0.3) is 0 Å². The Labute approximate surface area is 132 Å². The Morgan fingerprint density at radius 3 is 3.05 bits per heavy atom. The van der Waals surface area contributed by atoms with Crippen LogP contribution in [-0.4, -0.2) is 36.6 Å². The van der Waals surface area contributed by atoms with Crippen molar-refractivity contribution in [3.05, 3.63) is 46.7 Å². The minimum absolute atomic E-state index is 0.132. The maximum atomic E-state index is 9.08. The van der Waals surface area contributed by atoms with Crippen LogP contribution in [0.5, 0.6) is 0 Å². The van der Waals surface area contributed by atoms with Gasteiger partial charge in [0.2, 0.25) is 0 Å². The Morgan fingerprint density at radius 2 is 2.23 bits per heavy atom. The molecule has 0 radical (unpaired) electrons. The number of aliphatic hydroxyl groups is 1. The van der Waals surface area contributed by atoms with Gasteiger partial charge in [-0.25, -0.2) is 0 Å². The van der Waals surface area contributed by atoms with Crippen LogP contribution < -0.4 is 0 Å². The summed E-state index contributed by atoms with van der Waals surface area (Å²) in [5.41, 5.74) is 3.58. The average molecular weight is 315 g/mol. The Balaban J connectivity index is 1.45. The van der Waals surface area contributed by atoms with E-state index in [1.807, 2.05) is 16.9 Å². The molecule has 22 heavy (non-hydrogen) atoms. The zero-order valence-corrected chi connectivity index (χ0v) is 12.9. The molecular formula is C15H17N5OS. The zero-order chi connectivity index (χ0) is 14.9. The molecule has 3 aromatic rings. The molecule has 0 bridgehead atoms. The lowest BCUT2D eigenvalue weighted by molar-refractivity contribution is 0.251. The number of nitrogens with zero attached hydrogens (tertiary/aromatic N) is 4. The highest BCUT2D eigenvalue weighted by molar-refractivity contribution is 7.15. The largest absolute Gasteiger partial charge is 0.394 e. The fourth-order valence-electron chi connectivity index (χ4n) is 2.89.